The predicted molar refractivity (Wildman–Crippen MR) is 91.8 cm³/mol. The van der Waals surface area contributed by atoms with Crippen LogP contribution in [-0.2, 0) is 6.42 Å². The van der Waals surface area contributed by atoms with Crippen LogP contribution in [0.4, 0.5) is 0 Å². The molecule has 0 amide bonds. The molecule has 1 unspecified atom stereocenters. The topological polar surface area (TPSA) is 38.0 Å². The SMILES string of the molecule is Cc1ccc(C(Cc2ccc(Br)cc2Cl)NN)c(Br)c1. The van der Waals surface area contributed by atoms with Crippen molar-refractivity contribution in [2.24, 2.45) is 5.84 Å². The monoisotopic (exact) mass is 416 g/mol. The average molecular weight is 419 g/mol. The van der Waals surface area contributed by atoms with Gasteiger partial charge in [0.2, 0.25) is 0 Å². The van der Waals surface area contributed by atoms with Gasteiger partial charge in [-0.3, -0.25) is 11.3 Å². The molecule has 3 N–H and O–H groups in total. The number of aryl methyl sites for hydroxylation is 1. The maximum atomic E-state index is 6.27. The van der Waals surface area contributed by atoms with Crippen molar-refractivity contribution in [1.29, 1.82) is 0 Å². The van der Waals surface area contributed by atoms with Crippen molar-refractivity contribution in [3.8, 4) is 0 Å². The molecule has 0 heterocycles. The summed E-state index contributed by atoms with van der Waals surface area (Å²) in [4.78, 5) is 0. The van der Waals surface area contributed by atoms with Gasteiger partial charge in [-0.05, 0) is 48.2 Å². The Labute approximate surface area is 140 Å². The molecule has 0 aromatic heterocycles. The Kier molecular flexibility index (Phi) is 5.64. The average Bonchev–Trinajstić information content (AvgIpc) is 2.39. The number of nitrogens with two attached hydrogens (primary N) is 1. The zero-order valence-corrected chi connectivity index (χ0v) is 14.9. The van der Waals surface area contributed by atoms with Gasteiger partial charge in [0.1, 0.15) is 0 Å². The first kappa shape index (κ1) is 16.0. The van der Waals surface area contributed by atoms with Crippen LogP contribution in [0.1, 0.15) is 22.7 Å². The predicted octanol–water partition coefficient (Wildman–Crippen LogP) is 4.92. The van der Waals surface area contributed by atoms with E-state index < -0.39 is 0 Å². The summed E-state index contributed by atoms with van der Waals surface area (Å²) in [6.07, 6.45) is 0.726. The van der Waals surface area contributed by atoms with Gasteiger partial charge in [0.05, 0.1) is 6.04 Å². The van der Waals surface area contributed by atoms with Gasteiger partial charge in [-0.15, -0.1) is 0 Å². The third-order valence-electron chi connectivity index (χ3n) is 3.17. The summed E-state index contributed by atoms with van der Waals surface area (Å²) < 4.78 is 2.02. The van der Waals surface area contributed by atoms with Crippen molar-refractivity contribution in [1.82, 2.24) is 5.43 Å². The smallest absolute Gasteiger partial charge is 0.0511 e. The van der Waals surface area contributed by atoms with Gasteiger partial charge in [0, 0.05) is 14.0 Å². The summed E-state index contributed by atoms with van der Waals surface area (Å²) in [6, 6.07) is 12.1. The van der Waals surface area contributed by atoms with Crippen LogP contribution in [0.3, 0.4) is 0 Å². The van der Waals surface area contributed by atoms with E-state index in [0.717, 1.165) is 31.5 Å². The molecule has 0 saturated carbocycles. The second kappa shape index (κ2) is 7.05. The standard InChI is InChI=1S/C15H15Br2ClN2/c1-9-2-5-12(13(17)6-9)15(20-19)7-10-3-4-11(16)8-14(10)18/h2-6,8,15,20H,7,19H2,1H3. The molecule has 5 heteroatoms. The molecule has 2 aromatic carbocycles. The van der Waals surface area contributed by atoms with Gasteiger partial charge in [0.25, 0.3) is 0 Å². The summed E-state index contributed by atoms with van der Waals surface area (Å²) in [5.41, 5.74) is 6.26. The lowest BCUT2D eigenvalue weighted by atomic mass is 9.98. The molecule has 0 bridgehead atoms. The lowest BCUT2D eigenvalue weighted by Gasteiger charge is -2.19. The summed E-state index contributed by atoms with van der Waals surface area (Å²) in [5.74, 6) is 5.72. The van der Waals surface area contributed by atoms with Gasteiger partial charge in [-0.2, -0.15) is 0 Å². The second-order valence-corrected chi connectivity index (χ2v) is 6.86. The minimum atomic E-state index is 0.00338. The van der Waals surface area contributed by atoms with Gasteiger partial charge in [-0.1, -0.05) is 61.7 Å². The largest absolute Gasteiger partial charge is 0.271 e. The first-order valence-corrected chi connectivity index (χ1v) is 8.13. The van der Waals surface area contributed by atoms with E-state index in [0.29, 0.717) is 0 Å². The van der Waals surface area contributed by atoms with E-state index in [2.05, 4.69) is 62.4 Å². The molecule has 0 aliphatic heterocycles. The van der Waals surface area contributed by atoms with Crippen LogP contribution in [0.15, 0.2) is 45.3 Å². The lowest BCUT2D eigenvalue weighted by molar-refractivity contribution is 0.550. The fraction of sp³-hybridized carbons (Fsp3) is 0.200. The maximum absolute atomic E-state index is 6.27. The summed E-state index contributed by atoms with van der Waals surface area (Å²) in [5, 5.41) is 0.739. The number of benzene rings is 2. The van der Waals surface area contributed by atoms with Crippen molar-refractivity contribution in [2.45, 2.75) is 19.4 Å². The van der Waals surface area contributed by atoms with Crippen LogP contribution in [0.25, 0.3) is 0 Å². The maximum Gasteiger partial charge on any atom is 0.0511 e. The van der Waals surface area contributed by atoms with E-state index >= 15 is 0 Å². The number of hydrazine groups is 1. The van der Waals surface area contributed by atoms with E-state index in [1.807, 2.05) is 18.2 Å². The fourth-order valence-electron chi connectivity index (χ4n) is 2.08. The van der Waals surface area contributed by atoms with E-state index in [4.69, 9.17) is 17.4 Å². The first-order valence-electron chi connectivity index (χ1n) is 6.17. The number of rotatable bonds is 4. The van der Waals surface area contributed by atoms with Crippen LogP contribution in [0.2, 0.25) is 5.02 Å². The Morgan fingerprint density at radius 3 is 2.55 bits per heavy atom. The highest BCUT2D eigenvalue weighted by Crippen LogP contribution is 2.30. The third-order valence-corrected chi connectivity index (χ3v) is 4.70. The Morgan fingerprint density at radius 2 is 1.95 bits per heavy atom. The van der Waals surface area contributed by atoms with Crippen molar-refractivity contribution in [3.63, 3.8) is 0 Å². The van der Waals surface area contributed by atoms with Crippen LogP contribution in [0, 0.1) is 6.92 Å². The molecule has 0 saturated heterocycles. The third kappa shape index (κ3) is 3.83. The van der Waals surface area contributed by atoms with Crippen LogP contribution < -0.4 is 11.3 Å². The highest BCUT2D eigenvalue weighted by molar-refractivity contribution is 9.10. The van der Waals surface area contributed by atoms with Crippen molar-refractivity contribution < 1.29 is 0 Å². The van der Waals surface area contributed by atoms with Crippen LogP contribution in [0.5, 0.6) is 0 Å². The van der Waals surface area contributed by atoms with Gasteiger partial charge in [0.15, 0.2) is 0 Å². The minimum absolute atomic E-state index is 0.00338. The van der Waals surface area contributed by atoms with Crippen molar-refractivity contribution in [2.75, 3.05) is 0 Å². The minimum Gasteiger partial charge on any atom is -0.271 e. The molecule has 0 spiro atoms. The van der Waals surface area contributed by atoms with Crippen molar-refractivity contribution in [3.05, 3.63) is 67.1 Å². The molecule has 0 radical (unpaired) electrons. The first-order chi connectivity index (χ1) is 9.51. The number of hydrogen-bond donors (Lipinski definition) is 2. The summed E-state index contributed by atoms with van der Waals surface area (Å²) >= 11 is 13.3. The van der Waals surface area contributed by atoms with E-state index in [1.54, 1.807) is 0 Å². The molecular weight excluding hydrogens is 403 g/mol. The zero-order valence-electron chi connectivity index (χ0n) is 11.0. The summed E-state index contributed by atoms with van der Waals surface area (Å²) in [7, 11) is 0. The number of nitrogens with one attached hydrogen (secondary N) is 1. The fourth-order valence-corrected chi connectivity index (χ4v) is 3.60. The van der Waals surface area contributed by atoms with E-state index in [1.165, 1.54) is 5.56 Å². The van der Waals surface area contributed by atoms with E-state index in [9.17, 15) is 0 Å². The Morgan fingerprint density at radius 1 is 1.20 bits per heavy atom. The Balaban J connectivity index is 2.28. The van der Waals surface area contributed by atoms with Gasteiger partial charge >= 0.3 is 0 Å². The summed E-state index contributed by atoms with van der Waals surface area (Å²) in [6.45, 7) is 2.06. The molecule has 2 aromatic rings. The molecule has 0 fully saturated rings. The highest BCUT2D eigenvalue weighted by Gasteiger charge is 2.15. The molecule has 0 aliphatic carbocycles. The van der Waals surface area contributed by atoms with Crippen LogP contribution in [-0.4, -0.2) is 0 Å². The highest BCUT2D eigenvalue weighted by atomic mass is 79.9. The van der Waals surface area contributed by atoms with E-state index in [-0.39, 0.29) is 6.04 Å². The Bertz CT molecular complexity index is 617. The molecule has 2 rings (SSSR count). The number of hydrogen-bond acceptors (Lipinski definition) is 2. The van der Waals surface area contributed by atoms with Crippen molar-refractivity contribution >= 4 is 43.5 Å². The normalized spacial score (nSPS) is 12.4. The van der Waals surface area contributed by atoms with Gasteiger partial charge in [-0.25, -0.2) is 0 Å². The van der Waals surface area contributed by atoms with Crippen LogP contribution >= 0.6 is 43.5 Å². The zero-order chi connectivity index (χ0) is 14.7. The quantitative estimate of drug-likeness (QED) is 0.546. The molecule has 0 aliphatic rings. The Hall–Kier alpha value is -0.390. The second-order valence-electron chi connectivity index (χ2n) is 4.68. The molecule has 2 nitrogen and oxygen atoms in total. The van der Waals surface area contributed by atoms with Gasteiger partial charge < -0.3 is 0 Å². The molecule has 106 valence electrons. The molecular formula is C15H15Br2ClN2. The molecule has 1 atom stereocenters. The molecule has 20 heavy (non-hydrogen) atoms. The number of halogens is 3. The lowest BCUT2D eigenvalue weighted by Crippen LogP contribution is -2.30.